The standard InChI is InChI=1S/C16H22N4/c1-2-17-10-13-6-5-9-20(12-13)16-11-18-14-7-3-4-8-15(14)19-16/h3-4,7-8,11,13,17H,2,5-6,9-10,12H2,1H3. The number of para-hydroxylation sites is 2. The first-order valence-corrected chi connectivity index (χ1v) is 7.54. The van der Waals surface area contributed by atoms with Crippen LogP contribution >= 0.6 is 0 Å². The monoisotopic (exact) mass is 270 g/mol. The molecule has 3 rings (SSSR count). The van der Waals surface area contributed by atoms with Gasteiger partial charge in [0.2, 0.25) is 0 Å². The number of nitrogens with one attached hydrogen (secondary N) is 1. The van der Waals surface area contributed by atoms with E-state index in [1.807, 2.05) is 30.5 Å². The molecule has 4 heteroatoms. The van der Waals surface area contributed by atoms with Gasteiger partial charge in [-0.05, 0) is 44.0 Å². The van der Waals surface area contributed by atoms with E-state index in [9.17, 15) is 0 Å². The summed E-state index contributed by atoms with van der Waals surface area (Å²) in [6.07, 6.45) is 4.47. The van der Waals surface area contributed by atoms with Gasteiger partial charge in [0.15, 0.2) is 0 Å². The third-order valence-corrected chi connectivity index (χ3v) is 3.96. The molecule has 1 fully saturated rings. The van der Waals surface area contributed by atoms with Gasteiger partial charge in [-0.15, -0.1) is 0 Å². The van der Waals surface area contributed by atoms with Crippen molar-refractivity contribution in [3.8, 4) is 0 Å². The van der Waals surface area contributed by atoms with Gasteiger partial charge in [0, 0.05) is 13.1 Å². The molecule has 1 saturated heterocycles. The van der Waals surface area contributed by atoms with E-state index >= 15 is 0 Å². The zero-order valence-electron chi connectivity index (χ0n) is 12.0. The average Bonchev–Trinajstić information content (AvgIpc) is 2.53. The molecule has 0 spiro atoms. The van der Waals surface area contributed by atoms with Gasteiger partial charge < -0.3 is 10.2 Å². The van der Waals surface area contributed by atoms with Crippen molar-refractivity contribution in [3.05, 3.63) is 30.5 Å². The molecule has 0 saturated carbocycles. The highest BCUT2D eigenvalue weighted by Crippen LogP contribution is 2.22. The number of nitrogens with zero attached hydrogens (tertiary/aromatic N) is 3. The lowest BCUT2D eigenvalue weighted by molar-refractivity contribution is 0.394. The molecular weight excluding hydrogens is 248 g/mol. The number of hydrogen-bond acceptors (Lipinski definition) is 4. The highest BCUT2D eigenvalue weighted by molar-refractivity contribution is 5.75. The summed E-state index contributed by atoms with van der Waals surface area (Å²) < 4.78 is 0. The van der Waals surface area contributed by atoms with E-state index in [2.05, 4.69) is 22.1 Å². The minimum atomic E-state index is 0.719. The third-order valence-electron chi connectivity index (χ3n) is 3.96. The number of hydrogen-bond donors (Lipinski definition) is 1. The lowest BCUT2D eigenvalue weighted by Crippen LogP contribution is -2.40. The van der Waals surface area contributed by atoms with Crippen molar-refractivity contribution < 1.29 is 0 Å². The summed E-state index contributed by atoms with van der Waals surface area (Å²) in [7, 11) is 0. The lowest BCUT2D eigenvalue weighted by atomic mass is 9.98. The topological polar surface area (TPSA) is 41.0 Å². The Bertz CT molecular complexity index is 569. The minimum Gasteiger partial charge on any atom is -0.355 e. The quantitative estimate of drug-likeness (QED) is 0.926. The first-order chi connectivity index (χ1) is 9.86. The van der Waals surface area contributed by atoms with Gasteiger partial charge >= 0.3 is 0 Å². The molecule has 1 aromatic heterocycles. The van der Waals surface area contributed by atoms with Crippen molar-refractivity contribution in [3.63, 3.8) is 0 Å². The van der Waals surface area contributed by atoms with Crippen molar-refractivity contribution >= 4 is 16.9 Å². The van der Waals surface area contributed by atoms with Crippen LogP contribution in [0.2, 0.25) is 0 Å². The van der Waals surface area contributed by atoms with Gasteiger partial charge in [0.25, 0.3) is 0 Å². The predicted octanol–water partition coefficient (Wildman–Crippen LogP) is 2.46. The molecule has 0 aliphatic carbocycles. The highest BCUT2D eigenvalue weighted by atomic mass is 15.2. The third kappa shape index (κ3) is 2.90. The Morgan fingerprint density at radius 3 is 3.00 bits per heavy atom. The summed E-state index contributed by atoms with van der Waals surface area (Å²) >= 11 is 0. The molecule has 0 bridgehead atoms. The van der Waals surface area contributed by atoms with Crippen LogP contribution in [0, 0.1) is 5.92 Å². The molecule has 1 aliphatic heterocycles. The molecule has 0 amide bonds. The normalized spacial score (nSPS) is 19.4. The number of anilines is 1. The molecule has 1 N–H and O–H groups in total. The van der Waals surface area contributed by atoms with E-state index in [4.69, 9.17) is 4.98 Å². The van der Waals surface area contributed by atoms with Crippen LogP contribution in [0.5, 0.6) is 0 Å². The fraction of sp³-hybridized carbons (Fsp3) is 0.500. The second-order valence-electron chi connectivity index (χ2n) is 5.48. The first-order valence-electron chi connectivity index (χ1n) is 7.54. The first kappa shape index (κ1) is 13.3. The van der Waals surface area contributed by atoms with Gasteiger partial charge in [-0.3, -0.25) is 4.98 Å². The molecular formula is C16H22N4. The molecule has 1 unspecified atom stereocenters. The number of fused-ring (bicyclic) bond motifs is 1. The lowest BCUT2D eigenvalue weighted by Gasteiger charge is -2.33. The van der Waals surface area contributed by atoms with E-state index in [1.165, 1.54) is 12.8 Å². The molecule has 4 nitrogen and oxygen atoms in total. The molecule has 1 atom stereocenters. The van der Waals surface area contributed by atoms with Gasteiger partial charge in [0.1, 0.15) is 5.82 Å². The Hall–Kier alpha value is -1.68. The molecule has 1 aromatic carbocycles. The van der Waals surface area contributed by atoms with Gasteiger partial charge in [-0.2, -0.15) is 0 Å². The Labute approximate surface area is 120 Å². The number of rotatable bonds is 4. The van der Waals surface area contributed by atoms with E-state index < -0.39 is 0 Å². The smallest absolute Gasteiger partial charge is 0.147 e. The zero-order valence-corrected chi connectivity index (χ0v) is 12.0. The summed E-state index contributed by atoms with van der Waals surface area (Å²) in [5.41, 5.74) is 1.95. The fourth-order valence-electron chi connectivity index (χ4n) is 2.89. The van der Waals surface area contributed by atoms with Crippen LogP contribution in [-0.2, 0) is 0 Å². The van der Waals surface area contributed by atoms with Crippen molar-refractivity contribution in [1.82, 2.24) is 15.3 Å². The van der Waals surface area contributed by atoms with E-state index in [1.54, 1.807) is 0 Å². The van der Waals surface area contributed by atoms with E-state index in [-0.39, 0.29) is 0 Å². The summed E-state index contributed by atoms with van der Waals surface area (Å²) in [6, 6.07) is 8.07. The number of piperidine rings is 1. The molecule has 2 aromatic rings. The number of benzene rings is 1. The van der Waals surface area contributed by atoms with Crippen LogP contribution in [-0.4, -0.2) is 36.1 Å². The fourth-order valence-corrected chi connectivity index (χ4v) is 2.89. The van der Waals surface area contributed by atoms with Gasteiger partial charge in [0.05, 0.1) is 17.2 Å². The summed E-state index contributed by atoms with van der Waals surface area (Å²) in [5.74, 6) is 1.74. The van der Waals surface area contributed by atoms with Crippen LogP contribution in [0.25, 0.3) is 11.0 Å². The van der Waals surface area contributed by atoms with Gasteiger partial charge in [-0.25, -0.2) is 4.98 Å². The molecule has 106 valence electrons. The van der Waals surface area contributed by atoms with Crippen LogP contribution in [0.3, 0.4) is 0 Å². The van der Waals surface area contributed by atoms with E-state index in [0.717, 1.165) is 48.9 Å². The van der Waals surface area contributed by atoms with Gasteiger partial charge in [-0.1, -0.05) is 19.1 Å². The van der Waals surface area contributed by atoms with Crippen molar-refractivity contribution in [2.45, 2.75) is 19.8 Å². The highest BCUT2D eigenvalue weighted by Gasteiger charge is 2.20. The second-order valence-corrected chi connectivity index (χ2v) is 5.48. The van der Waals surface area contributed by atoms with Crippen molar-refractivity contribution in [1.29, 1.82) is 0 Å². The summed E-state index contributed by atoms with van der Waals surface area (Å²) in [4.78, 5) is 11.7. The van der Waals surface area contributed by atoms with Crippen LogP contribution in [0.4, 0.5) is 5.82 Å². The minimum absolute atomic E-state index is 0.719. The second kappa shape index (κ2) is 6.18. The maximum Gasteiger partial charge on any atom is 0.147 e. The maximum absolute atomic E-state index is 4.76. The Kier molecular flexibility index (Phi) is 4.11. The summed E-state index contributed by atoms with van der Waals surface area (Å²) in [5, 5.41) is 3.46. The number of aromatic nitrogens is 2. The molecule has 0 radical (unpaired) electrons. The van der Waals surface area contributed by atoms with E-state index in [0.29, 0.717) is 0 Å². The molecule has 2 heterocycles. The predicted molar refractivity (Wildman–Crippen MR) is 83.0 cm³/mol. The Balaban J connectivity index is 1.76. The maximum atomic E-state index is 4.76. The molecule has 20 heavy (non-hydrogen) atoms. The summed E-state index contributed by atoms with van der Waals surface area (Å²) in [6.45, 7) is 6.49. The average molecular weight is 270 g/mol. The Morgan fingerprint density at radius 1 is 1.30 bits per heavy atom. The van der Waals surface area contributed by atoms with Crippen LogP contribution in [0.1, 0.15) is 19.8 Å². The van der Waals surface area contributed by atoms with Crippen LogP contribution < -0.4 is 10.2 Å². The Morgan fingerprint density at radius 2 is 2.15 bits per heavy atom. The van der Waals surface area contributed by atoms with Crippen molar-refractivity contribution in [2.24, 2.45) is 5.92 Å². The zero-order chi connectivity index (χ0) is 13.8. The molecule has 1 aliphatic rings. The largest absolute Gasteiger partial charge is 0.355 e. The SMILES string of the molecule is CCNCC1CCCN(c2cnc3ccccc3n2)C1. The van der Waals surface area contributed by atoms with Crippen LogP contribution in [0.15, 0.2) is 30.5 Å². The van der Waals surface area contributed by atoms with Crippen molar-refractivity contribution in [2.75, 3.05) is 31.1 Å².